The number of thiophene rings is 1. The van der Waals surface area contributed by atoms with E-state index in [1.807, 2.05) is 12.4 Å². The fraction of sp³-hybridized carbons (Fsp3) is 0.158. The van der Waals surface area contributed by atoms with Crippen molar-refractivity contribution >= 4 is 22.4 Å². The van der Waals surface area contributed by atoms with Crippen LogP contribution in [-0.2, 0) is 12.8 Å². The largest absolute Gasteiger partial charge is 0.346 e. The number of aryl methyl sites for hydroxylation is 1. The van der Waals surface area contributed by atoms with Crippen molar-refractivity contribution in [1.29, 1.82) is 0 Å². The first-order valence-corrected chi connectivity index (χ1v) is 8.70. The fourth-order valence-corrected chi connectivity index (χ4v) is 3.57. The number of hydrogen-bond acceptors (Lipinski definition) is 3. The van der Waals surface area contributed by atoms with Gasteiger partial charge in [-0.15, -0.1) is 0 Å². The van der Waals surface area contributed by atoms with Crippen molar-refractivity contribution in [2.75, 3.05) is 0 Å². The molecule has 0 unspecified atom stereocenters. The number of rotatable bonds is 4. The van der Waals surface area contributed by atoms with Crippen molar-refractivity contribution in [1.82, 2.24) is 15.0 Å². The third kappa shape index (κ3) is 2.66. The number of nitrogens with zero attached hydrogens (tertiary/aromatic N) is 2. The summed E-state index contributed by atoms with van der Waals surface area (Å²) in [6.07, 6.45) is 7.76. The second-order valence-corrected chi connectivity index (χ2v) is 6.38. The second kappa shape index (κ2) is 5.97. The number of pyridine rings is 2. The van der Waals surface area contributed by atoms with Crippen LogP contribution in [0.5, 0.6) is 0 Å². The molecule has 0 saturated heterocycles. The molecular weight excluding hydrogens is 302 g/mol. The van der Waals surface area contributed by atoms with Gasteiger partial charge in [0.1, 0.15) is 5.65 Å². The molecule has 0 aliphatic carbocycles. The van der Waals surface area contributed by atoms with Crippen molar-refractivity contribution in [3.63, 3.8) is 0 Å². The Bertz CT molecular complexity index is 921. The van der Waals surface area contributed by atoms with Crippen molar-refractivity contribution in [2.45, 2.75) is 19.8 Å². The summed E-state index contributed by atoms with van der Waals surface area (Å²) < 4.78 is 0. The summed E-state index contributed by atoms with van der Waals surface area (Å²) in [4.78, 5) is 12.3. The Morgan fingerprint density at radius 2 is 2.09 bits per heavy atom. The van der Waals surface area contributed by atoms with Crippen LogP contribution in [0.1, 0.15) is 23.7 Å². The number of H-pyrrole nitrogens is 1. The van der Waals surface area contributed by atoms with E-state index in [0.717, 1.165) is 24.2 Å². The molecule has 0 radical (unpaired) electrons. The number of fused-ring (bicyclic) bond motifs is 1. The van der Waals surface area contributed by atoms with E-state index in [2.05, 4.69) is 63.1 Å². The minimum Gasteiger partial charge on any atom is -0.346 e. The van der Waals surface area contributed by atoms with Crippen LogP contribution in [-0.4, -0.2) is 15.0 Å². The molecule has 0 amide bonds. The zero-order valence-electron chi connectivity index (χ0n) is 12.9. The molecule has 0 aliphatic heterocycles. The van der Waals surface area contributed by atoms with Crippen LogP contribution < -0.4 is 0 Å². The van der Waals surface area contributed by atoms with Gasteiger partial charge in [0.05, 0.1) is 0 Å². The van der Waals surface area contributed by atoms with Gasteiger partial charge in [-0.2, -0.15) is 11.3 Å². The molecule has 3 nitrogen and oxygen atoms in total. The molecule has 4 heteroatoms. The smallest absolute Gasteiger partial charge is 0.138 e. The summed E-state index contributed by atoms with van der Waals surface area (Å²) in [6.45, 7) is 2.13. The average Bonchev–Trinajstić information content (AvgIpc) is 3.26. The molecule has 23 heavy (non-hydrogen) atoms. The number of aromatic amines is 1. The quantitative estimate of drug-likeness (QED) is 0.585. The van der Waals surface area contributed by atoms with Gasteiger partial charge in [0.15, 0.2) is 0 Å². The van der Waals surface area contributed by atoms with Crippen molar-refractivity contribution in [3.8, 4) is 11.1 Å². The molecule has 0 aliphatic rings. The summed E-state index contributed by atoms with van der Waals surface area (Å²) in [5.74, 6) is 0. The number of hydrogen-bond donors (Lipinski definition) is 1. The zero-order valence-corrected chi connectivity index (χ0v) is 13.7. The first kappa shape index (κ1) is 14.2. The maximum absolute atomic E-state index is 4.51. The molecule has 4 aromatic rings. The highest BCUT2D eigenvalue weighted by atomic mass is 32.1. The van der Waals surface area contributed by atoms with Crippen molar-refractivity contribution < 1.29 is 0 Å². The molecule has 4 rings (SSSR count). The third-order valence-corrected chi connectivity index (χ3v) is 4.81. The molecular formula is C19H17N3S. The van der Waals surface area contributed by atoms with E-state index in [1.165, 1.54) is 27.6 Å². The molecule has 4 aromatic heterocycles. The lowest BCUT2D eigenvalue weighted by Gasteiger charge is -2.05. The Morgan fingerprint density at radius 1 is 1.13 bits per heavy atom. The molecule has 114 valence electrons. The van der Waals surface area contributed by atoms with Gasteiger partial charge in [0, 0.05) is 36.1 Å². The molecule has 1 N–H and O–H groups in total. The summed E-state index contributed by atoms with van der Waals surface area (Å²) in [6, 6.07) is 8.54. The number of aromatic nitrogens is 3. The highest BCUT2D eigenvalue weighted by molar-refractivity contribution is 7.08. The summed E-state index contributed by atoms with van der Waals surface area (Å²) in [5.41, 5.74) is 7.06. The van der Waals surface area contributed by atoms with E-state index < -0.39 is 0 Å². The first-order chi connectivity index (χ1) is 11.3. The molecule has 0 saturated carbocycles. The van der Waals surface area contributed by atoms with Crippen LogP contribution in [0.15, 0.2) is 53.6 Å². The van der Waals surface area contributed by atoms with Gasteiger partial charge in [-0.1, -0.05) is 13.0 Å². The Morgan fingerprint density at radius 3 is 2.83 bits per heavy atom. The monoisotopic (exact) mass is 319 g/mol. The Kier molecular flexibility index (Phi) is 3.67. The second-order valence-electron chi connectivity index (χ2n) is 5.60. The standard InChI is InChI=1S/C19H17N3S/c1-2-16-4-3-13(10-21-16)9-15-11-22-19-18(15)17(5-7-20-19)14-6-8-23-12-14/h3-8,10-12H,2,9H2,1H3,(H,20,22). The molecule has 0 atom stereocenters. The first-order valence-electron chi connectivity index (χ1n) is 7.76. The van der Waals surface area contributed by atoms with Gasteiger partial charge in [-0.25, -0.2) is 4.98 Å². The van der Waals surface area contributed by atoms with E-state index in [9.17, 15) is 0 Å². The van der Waals surface area contributed by atoms with E-state index in [4.69, 9.17) is 0 Å². The van der Waals surface area contributed by atoms with Gasteiger partial charge >= 0.3 is 0 Å². The lowest BCUT2D eigenvalue weighted by atomic mass is 10.0. The summed E-state index contributed by atoms with van der Waals surface area (Å²) >= 11 is 1.72. The molecule has 0 bridgehead atoms. The predicted octanol–water partition coefficient (Wildman–Crippen LogP) is 4.84. The molecule has 0 fully saturated rings. The van der Waals surface area contributed by atoms with Gasteiger partial charge in [-0.3, -0.25) is 4.98 Å². The Hall–Kier alpha value is -2.46. The third-order valence-electron chi connectivity index (χ3n) is 4.13. The SMILES string of the molecule is CCc1ccc(Cc2c[nH]c3nccc(-c4ccsc4)c23)cn1. The minimum absolute atomic E-state index is 0.861. The lowest BCUT2D eigenvalue weighted by Crippen LogP contribution is -1.92. The van der Waals surface area contributed by atoms with Crippen LogP contribution in [0.3, 0.4) is 0 Å². The molecule has 0 spiro atoms. The van der Waals surface area contributed by atoms with Gasteiger partial charge in [0.2, 0.25) is 0 Å². The van der Waals surface area contributed by atoms with E-state index in [1.54, 1.807) is 11.3 Å². The van der Waals surface area contributed by atoms with Crippen LogP contribution in [0.2, 0.25) is 0 Å². The minimum atomic E-state index is 0.861. The van der Waals surface area contributed by atoms with Crippen molar-refractivity contribution in [3.05, 3.63) is 70.4 Å². The lowest BCUT2D eigenvalue weighted by molar-refractivity contribution is 1.01. The maximum atomic E-state index is 4.51. The van der Waals surface area contributed by atoms with Crippen LogP contribution in [0, 0.1) is 0 Å². The fourth-order valence-electron chi connectivity index (χ4n) is 2.91. The van der Waals surface area contributed by atoms with E-state index in [-0.39, 0.29) is 0 Å². The van der Waals surface area contributed by atoms with Gasteiger partial charge in [0.25, 0.3) is 0 Å². The molecule has 0 aromatic carbocycles. The van der Waals surface area contributed by atoms with Crippen LogP contribution in [0.4, 0.5) is 0 Å². The van der Waals surface area contributed by atoms with Crippen LogP contribution >= 0.6 is 11.3 Å². The topological polar surface area (TPSA) is 41.6 Å². The predicted molar refractivity (Wildman–Crippen MR) is 95.8 cm³/mol. The normalized spacial score (nSPS) is 11.2. The highest BCUT2D eigenvalue weighted by Crippen LogP contribution is 2.32. The highest BCUT2D eigenvalue weighted by Gasteiger charge is 2.12. The zero-order chi connectivity index (χ0) is 15.6. The number of nitrogens with one attached hydrogen (secondary N) is 1. The Labute approximate surface area is 139 Å². The van der Waals surface area contributed by atoms with E-state index in [0.29, 0.717) is 0 Å². The van der Waals surface area contributed by atoms with Crippen molar-refractivity contribution in [2.24, 2.45) is 0 Å². The van der Waals surface area contributed by atoms with Crippen LogP contribution in [0.25, 0.3) is 22.2 Å². The van der Waals surface area contributed by atoms with Gasteiger partial charge < -0.3 is 4.98 Å². The average molecular weight is 319 g/mol. The Balaban J connectivity index is 1.78. The summed E-state index contributed by atoms with van der Waals surface area (Å²) in [7, 11) is 0. The molecule has 4 heterocycles. The van der Waals surface area contributed by atoms with Gasteiger partial charge in [-0.05, 0) is 57.6 Å². The summed E-state index contributed by atoms with van der Waals surface area (Å²) in [5, 5.41) is 5.51. The maximum Gasteiger partial charge on any atom is 0.138 e. The van der Waals surface area contributed by atoms with E-state index >= 15 is 0 Å².